The molecule has 0 atom stereocenters. The van der Waals surface area contributed by atoms with Crippen LogP contribution in [-0.2, 0) is 4.74 Å². The Kier molecular flexibility index (Phi) is 4.05. The summed E-state index contributed by atoms with van der Waals surface area (Å²) >= 11 is 1.89. The molecule has 16 heavy (non-hydrogen) atoms. The lowest BCUT2D eigenvalue weighted by Gasteiger charge is -2.06. The smallest absolute Gasteiger partial charge is 0.345 e. The lowest BCUT2D eigenvalue weighted by atomic mass is 10.1. The number of carbonyl (C=O) groups excluding carboxylic acids is 1. The maximum absolute atomic E-state index is 11.3. The topological polar surface area (TPSA) is 78.7 Å². The predicted octanol–water partition coefficient (Wildman–Crippen LogP) is 1.99. The van der Waals surface area contributed by atoms with Crippen molar-refractivity contribution in [1.29, 1.82) is 0 Å². The maximum Gasteiger partial charge on any atom is 0.345 e. The molecule has 1 aromatic carbocycles. The molecule has 0 aliphatic rings. The van der Waals surface area contributed by atoms with Crippen molar-refractivity contribution in [2.75, 3.05) is 14.2 Å². The molecular formula is C9H8INO5. The summed E-state index contributed by atoms with van der Waals surface area (Å²) in [6.45, 7) is 0. The minimum absolute atomic E-state index is 0.121. The fourth-order valence-corrected chi connectivity index (χ4v) is 1.79. The highest BCUT2D eigenvalue weighted by atomic mass is 127. The van der Waals surface area contributed by atoms with Crippen molar-refractivity contribution < 1.29 is 19.2 Å². The zero-order chi connectivity index (χ0) is 12.3. The Balaban J connectivity index is 3.42. The molecular weight excluding hydrogens is 329 g/mol. The fraction of sp³-hybridized carbons (Fsp3) is 0.222. The Labute approximate surface area is 105 Å². The van der Waals surface area contributed by atoms with E-state index in [4.69, 9.17) is 4.74 Å². The van der Waals surface area contributed by atoms with Crippen molar-refractivity contribution in [2.24, 2.45) is 0 Å². The van der Waals surface area contributed by atoms with Gasteiger partial charge in [-0.25, -0.2) is 4.79 Å². The van der Waals surface area contributed by atoms with Crippen LogP contribution in [0.1, 0.15) is 10.4 Å². The minimum atomic E-state index is -0.763. The third-order valence-electron chi connectivity index (χ3n) is 1.87. The van der Waals surface area contributed by atoms with Gasteiger partial charge in [0.15, 0.2) is 0 Å². The quantitative estimate of drug-likeness (QED) is 0.365. The normalized spacial score (nSPS) is 9.69. The van der Waals surface area contributed by atoms with Gasteiger partial charge in [-0.05, 0) is 22.6 Å². The van der Waals surface area contributed by atoms with Crippen LogP contribution < -0.4 is 4.74 Å². The zero-order valence-electron chi connectivity index (χ0n) is 8.52. The second-order valence-corrected chi connectivity index (χ2v) is 3.91. The number of nitro groups is 1. The summed E-state index contributed by atoms with van der Waals surface area (Å²) in [4.78, 5) is 21.5. The van der Waals surface area contributed by atoms with Gasteiger partial charge < -0.3 is 9.47 Å². The molecule has 0 N–H and O–H groups in total. The number of rotatable bonds is 3. The number of carbonyl (C=O) groups is 1. The highest BCUT2D eigenvalue weighted by Crippen LogP contribution is 2.30. The Morgan fingerprint density at radius 3 is 2.50 bits per heavy atom. The molecule has 0 saturated carbocycles. The third-order valence-corrected chi connectivity index (χ3v) is 2.72. The van der Waals surface area contributed by atoms with Gasteiger partial charge in [0.05, 0.1) is 22.7 Å². The second kappa shape index (κ2) is 5.10. The number of nitro benzene ring substituents is 1. The largest absolute Gasteiger partial charge is 0.496 e. The first kappa shape index (κ1) is 12.7. The lowest BCUT2D eigenvalue weighted by molar-refractivity contribution is -0.385. The van der Waals surface area contributed by atoms with Gasteiger partial charge in [0.2, 0.25) is 0 Å². The van der Waals surface area contributed by atoms with Crippen LogP contribution in [0.4, 0.5) is 5.69 Å². The molecule has 6 nitrogen and oxygen atoms in total. The Morgan fingerprint density at radius 1 is 1.44 bits per heavy atom. The fourth-order valence-electron chi connectivity index (χ4n) is 1.12. The molecule has 0 radical (unpaired) electrons. The Morgan fingerprint density at radius 2 is 2.06 bits per heavy atom. The zero-order valence-corrected chi connectivity index (χ0v) is 10.7. The van der Waals surface area contributed by atoms with E-state index in [9.17, 15) is 14.9 Å². The molecule has 0 aromatic heterocycles. The van der Waals surface area contributed by atoms with Crippen LogP contribution in [0, 0.1) is 13.7 Å². The van der Waals surface area contributed by atoms with Gasteiger partial charge in [0, 0.05) is 12.1 Å². The van der Waals surface area contributed by atoms with Crippen molar-refractivity contribution in [1.82, 2.24) is 0 Å². The molecule has 0 bridgehead atoms. The van der Waals surface area contributed by atoms with Crippen LogP contribution in [-0.4, -0.2) is 25.1 Å². The van der Waals surface area contributed by atoms with Gasteiger partial charge >= 0.3 is 5.97 Å². The van der Waals surface area contributed by atoms with Crippen LogP contribution in [0.25, 0.3) is 0 Å². The molecule has 0 heterocycles. The number of esters is 1. The van der Waals surface area contributed by atoms with Gasteiger partial charge in [0.1, 0.15) is 11.3 Å². The van der Waals surface area contributed by atoms with E-state index in [1.807, 2.05) is 22.6 Å². The molecule has 0 amide bonds. The summed E-state index contributed by atoms with van der Waals surface area (Å²) in [5.74, 6) is -0.368. The number of hydrogen-bond acceptors (Lipinski definition) is 5. The van der Waals surface area contributed by atoms with Gasteiger partial charge in [-0.15, -0.1) is 0 Å². The van der Waals surface area contributed by atoms with Crippen LogP contribution >= 0.6 is 22.6 Å². The number of benzene rings is 1. The van der Waals surface area contributed by atoms with Crippen LogP contribution in [0.5, 0.6) is 5.75 Å². The van der Waals surface area contributed by atoms with Crippen molar-refractivity contribution in [3.63, 3.8) is 0 Å². The van der Waals surface area contributed by atoms with E-state index in [1.165, 1.54) is 19.2 Å². The van der Waals surface area contributed by atoms with Gasteiger partial charge in [-0.1, -0.05) is 0 Å². The summed E-state index contributed by atoms with van der Waals surface area (Å²) in [5.41, 5.74) is -0.415. The summed E-state index contributed by atoms with van der Waals surface area (Å²) < 4.78 is 10.00. The average molecular weight is 337 g/mol. The summed E-state index contributed by atoms with van der Waals surface area (Å²) in [6.07, 6.45) is 0. The average Bonchev–Trinajstić information content (AvgIpc) is 2.27. The van der Waals surface area contributed by atoms with Crippen LogP contribution in [0.3, 0.4) is 0 Å². The molecule has 0 spiro atoms. The van der Waals surface area contributed by atoms with Gasteiger partial charge in [-0.3, -0.25) is 10.1 Å². The Bertz CT molecular complexity index is 446. The van der Waals surface area contributed by atoms with Crippen molar-refractivity contribution >= 4 is 34.2 Å². The molecule has 1 aromatic rings. The highest BCUT2D eigenvalue weighted by Gasteiger charge is 2.23. The molecule has 0 unspecified atom stereocenters. The number of ether oxygens (including phenoxy) is 2. The molecule has 0 fully saturated rings. The van der Waals surface area contributed by atoms with E-state index in [1.54, 1.807) is 0 Å². The summed E-state index contributed by atoms with van der Waals surface area (Å²) in [5, 5.41) is 10.7. The summed E-state index contributed by atoms with van der Waals surface area (Å²) in [6, 6.07) is 2.57. The molecule has 0 aliphatic heterocycles. The monoisotopic (exact) mass is 337 g/mol. The molecule has 1 rings (SSSR count). The molecule has 0 saturated heterocycles. The minimum Gasteiger partial charge on any atom is -0.496 e. The SMILES string of the molecule is COC(=O)c1cc(OC)c(I)cc1[N+](=O)[O-]. The first-order chi connectivity index (χ1) is 7.51. The standard InChI is InChI=1S/C9H8INO5/c1-15-8-3-5(9(12)16-2)7(11(13)14)4-6(8)10/h3-4H,1-2H3. The first-order valence-corrected chi connectivity index (χ1v) is 5.19. The third kappa shape index (κ3) is 2.40. The van der Waals surface area contributed by atoms with Crippen molar-refractivity contribution in [3.05, 3.63) is 31.4 Å². The van der Waals surface area contributed by atoms with Crippen LogP contribution in [0.15, 0.2) is 12.1 Å². The lowest BCUT2D eigenvalue weighted by Crippen LogP contribution is -2.06. The Hall–Kier alpha value is -1.38. The summed E-state index contributed by atoms with van der Waals surface area (Å²) in [7, 11) is 2.58. The molecule has 86 valence electrons. The van der Waals surface area contributed by atoms with Crippen molar-refractivity contribution in [3.8, 4) is 5.75 Å². The van der Waals surface area contributed by atoms with Gasteiger partial charge in [0.25, 0.3) is 5.69 Å². The van der Waals surface area contributed by atoms with Crippen molar-refractivity contribution in [2.45, 2.75) is 0 Å². The number of methoxy groups -OCH3 is 2. The number of hydrogen-bond donors (Lipinski definition) is 0. The highest BCUT2D eigenvalue weighted by molar-refractivity contribution is 14.1. The van der Waals surface area contributed by atoms with E-state index in [0.29, 0.717) is 9.32 Å². The number of nitrogens with zero attached hydrogens (tertiary/aromatic N) is 1. The van der Waals surface area contributed by atoms with E-state index < -0.39 is 10.9 Å². The van der Waals surface area contributed by atoms with E-state index in [-0.39, 0.29) is 11.3 Å². The second-order valence-electron chi connectivity index (χ2n) is 2.75. The number of halogens is 1. The van der Waals surface area contributed by atoms with Gasteiger partial charge in [-0.2, -0.15) is 0 Å². The molecule has 7 heteroatoms. The first-order valence-electron chi connectivity index (χ1n) is 4.11. The van der Waals surface area contributed by atoms with E-state index in [0.717, 1.165) is 7.11 Å². The van der Waals surface area contributed by atoms with E-state index >= 15 is 0 Å². The predicted molar refractivity (Wildman–Crippen MR) is 63.7 cm³/mol. The molecule has 0 aliphatic carbocycles. The maximum atomic E-state index is 11.3. The van der Waals surface area contributed by atoms with E-state index in [2.05, 4.69) is 4.74 Å². The van der Waals surface area contributed by atoms with Crippen LogP contribution in [0.2, 0.25) is 0 Å².